The van der Waals surface area contributed by atoms with Crippen molar-refractivity contribution in [2.24, 2.45) is 5.84 Å². The summed E-state index contributed by atoms with van der Waals surface area (Å²) in [6.45, 7) is 5.40. The molecule has 0 aliphatic rings. The maximum absolute atomic E-state index is 12.8. The lowest BCUT2D eigenvalue weighted by atomic mass is 10.3. The van der Waals surface area contributed by atoms with Crippen LogP contribution in [0.3, 0.4) is 0 Å². The van der Waals surface area contributed by atoms with Gasteiger partial charge in [-0.3, -0.25) is 10.2 Å². The number of hydrogen-bond donors (Lipinski definition) is 2. The highest BCUT2D eigenvalue weighted by atomic mass is 32.2. The molecule has 0 aromatic carbocycles. The SMILES string of the molecule is CC(C)(C)SCC(F)(F)C(=O)NN. The molecule has 0 aliphatic carbocycles. The Bertz CT molecular complexity index is 191. The molecule has 0 aromatic rings. The van der Waals surface area contributed by atoms with Gasteiger partial charge < -0.3 is 0 Å². The number of rotatable bonds is 3. The first-order chi connectivity index (χ1) is 5.69. The number of nitrogens with one attached hydrogen (secondary N) is 1. The fourth-order valence-corrected chi connectivity index (χ4v) is 1.22. The second-order valence-corrected chi connectivity index (χ2v) is 5.38. The van der Waals surface area contributed by atoms with Gasteiger partial charge in [0.15, 0.2) is 0 Å². The van der Waals surface area contributed by atoms with Gasteiger partial charge in [0.2, 0.25) is 0 Å². The van der Waals surface area contributed by atoms with Gasteiger partial charge in [-0.1, -0.05) is 20.8 Å². The highest BCUT2D eigenvalue weighted by Crippen LogP contribution is 2.29. The first-order valence-electron chi connectivity index (χ1n) is 3.72. The smallest absolute Gasteiger partial charge is 0.289 e. The highest BCUT2D eigenvalue weighted by molar-refractivity contribution is 8.00. The normalized spacial score (nSPS) is 12.8. The predicted octanol–water partition coefficient (Wildman–Crippen LogP) is 1.14. The zero-order valence-corrected chi connectivity index (χ0v) is 8.67. The Labute approximate surface area is 80.4 Å². The van der Waals surface area contributed by atoms with Gasteiger partial charge in [0.25, 0.3) is 0 Å². The summed E-state index contributed by atoms with van der Waals surface area (Å²) in [4.78, 5) is 10.6. The van der Waals surface area contributed by atoms with Crippen molar-refractivity contribution < 1.29 is 13.6 Å². The summed E-state index contributed by atoms with van der Waals surface area (Å²) >= 11 is 1.02. The van der Waals surface area contributed by atoms with Crippen molar-refractivity contribution in [3.63, 3.8) is 0 Å². The van der Waals surface area contributed by atoms with Gasteiger partial charge in [0, 0.05) is 4.75 Å². The zero-order chi connectivity index (χ0) is 10.7. The second kappa shape index (κ2) is 4.23. The molecule has 0 atom stereocenters. The maximum Gasteiger partial charge on any atom is 0.334 e. The Morgan fingerprint density at radius 2 is 1.92 bits per heavy atom. The van der Waals surface area contributed by atoms with Gasteiger partial charge in [0.05, 0.1) is 5.75 Å². The first kappa shape index (κ1) is 12.6. The highest BCUT2D eigenvalue weighted by Gasteiger charge is 2.39. The van der Waals surface area contributed by atoms with E-state index in [0.29, 0.717) is 0 Å². The van der Waals surface area contributed by atoms with Crippen molar-refractivity contribution in [1.82, 2.24) is 5.43 Å². The average molecular weight is 212 g/mol. The monoisotopic (exact) mass is 212 g/mol. The lowest BCUT2D eigenvalue weighted by Crippen LogP contribution is -2.45. The van der Waals surface area contributed by atoms with E-state index < -0.39 is 17.6 Å². The molecule has 13 heavy (non-hydrogen) atoms. The van der Waals surface area contributed by atoms with Crippen LogP contribution in [0.15, 0.2) is 0 Å². The molecule has 0 spiro atoms. The van der Waals surface area contributed by atoms with Crippen LogP contribution >= 0.6 is 11.8 Å². The molecule has 1 amide bonds. The largest absolute Gasteiger partial charge is 0.334 e. The van der Waals surface area contributed by atoms with E-state index in [0.717, 1.165) is 11.8 Å². The van der Waals surface area contributed by atoms with E-state index in [1.165, 1.54) is 5.43 Å². The van der Waals surface area contributed by atoms with Crippen LogP contribution in [-0.2, 0) is 4.79 Å². The number of hydrazine groups is 1. The van der Waals surface area contributed by atoms with Crippen LogP contribution in [0.1, 0.15) is 20.8 Å². The van der Waals surface area contributed by atoms with Crippen LogP contribution in [0.5, 0.6) is 0 Å². The lowest BCUT2D eigenvalue weighted by Gasteiger charge is -2.21. The molecule has 3 nitrogen and oxygen atoms in total. The molecule has 0 heterocycles. The van der Waals surface area contributed by atoms with Crippen molar-refractivity contribution in [2.75, 3.05) is 5.75 Å². The number of alkyl halides is 2. The van der Waals surface area contributed by atoms with Crippen LogP contribution in [0.4, 0.5) is 8.78 Å². The summed E-state index contributed by atoms with van der Waals surface area (Å²) in [7, 11) is 0. The summed E-state index contributed by atoms with van der Waals surface area (Å²) in [6.07, 6.45) is 0. The van der Waals surface area contributed by atoms with Gasteiger partial charge in [-0.25, -0.2) is 5.84 Å². The molecule has 0 rings (SSSR count). The summed E-state index contributed by atoms with van der Waals surface area (Å²) in [6, 6.07) is 0. The molecular weight excluding hydrogens is 198 g/mol. The molecule has 0 saturated carbocycles. The summed E-state index contributed by atoms with van der Waals surface area (Å²) in [5, 5.41) is 0. The van der Waals surface area contributed by atoms with E-state index in [1.54, 1.807) is 20.8 Å². The summed E-state index contributed by atoms with van der Waals surface area (Å²) in [5.41, 5.74) is 1.44. The molecule has 0 aliphatic heterocycles. The Morgan fingerprint density at radius 3 is 2.23 bits per heavy atom. The fraction of sp³-hybridized carbons (Fsp3) is 0.857. The van der Waals surface area contributed by atoms with Gasteiger partial charge >= 0.3 is 11.8 Å². The standard InChI is InChI=1S/C7H14F2N2OS/c1-6(2,3)13-4-7(8,9)5(12)11-10/h4,10H2,1-3H3,(H,11,12). The van der Waals surface area contributed by atoms with Crippen molar-refractivity contribution >= 4 is 17.7 Å². The molecule has 3 N–H and O–H groups in total. The molecule has 0 aromatic heterocycles. The van der Waals surface area contributed by atoms with Crippen LogP contribution in [-0.4, -0.2) is 22.3 Å². The van der Waals surface area contributed by atoms with Crippen LogP contribution < -0.4 is 11.3 Å². The number of thioether (sulfide) groups is 1. The van der Waals surface area contributed by atoms with E-state index in [-0.39, 0.29) is 4.75 Å². The molecule has 0 saturated heterocycles. The van der Waals surface area contributed by atoms with Crippen molar-refractivity contribution in [3.8, 4) is 0 Å². The fourth-order valence-electron chi connectivity index (χ4n) is 0.478. The molecule has 0 fully saturated rings. The van der Waals surface area contributed by atoms with Crippen molar-refractivity contribution in [3.05, 3.63) is 0 Å². The third-order valence-electron chi connectivity index (χ3n) is 1.15. The summed E-state index contributed by atoms with van der Waals surface area (Å²) in [5.74, 6) is -0.784. The maximum atomic E-state index is 12.8. The number of hydrogen-bond acceptors (Lipinski definition) is 3. The Hall–Kier alpha value is -0.360. The third-order valence-corrected chi connectivity index (χ3v) is 2.52. The van der Waals surface area contributed by atoms with Gasteiger partial charge in [0.1, 0.15) is 0 Å². The van der Waals surface area contributed by atoms with E-state index in [9.17, 15) is 13.6 Å². The second-order valence-electron chi connectivity index (χ2n) is 3.58. The topological polar surface area (TPSA) is 55.1 Å². The van der Waals surface area contributed by atoms with Gasteiger partial charge in [-0.15, -0.1) is 11.8 Å². The number of carbonyl (C=O) groups is 1. The minimum atomic E-state index is -3.40. The minimum Gasteiger partial charge on any atom is -0.289 e. The number of nitrogens with two attached hydrogens (primary N) is 1. The molecule has 0 radical (unpaired) electrons. The van der Waals surface area contributed by atoms with Crippen LogP contribution in [0.2, 0.25) is 0 Å². The Balaban J connectivity index is 4.11. The molecule has 0 bridgehead atoms. The molecule has 6 heteroatoms. The Morgan fingerprint density at radius 1 is 1.46 bits per heavy atom. The van der Waals surface area contributed by atoms with Gasteiger partial charge in [-0.05, 0) is 0 Å². The predicted molar refractivity (Wildman–Crippen MR) is 49.5 cm³/mol. The van der Waals surface area contributed by atoms with E-state index in [2.05, 4.69) is 5.84 Å². The van der Waals surface area contributed by atoms with Crippen molar-refractivity contribution in [2.45, 2.75) is 31.4 Å². The lowest BCUT2D eigenvalue weighted by molar-refractivity contribution is -0.142. The van der Waals surface area contributed by atoms with E-state index >= 15 is 0 Å². The summed E-state index contributed by atoms with van der Waals surface area (Å²) < 4.78 is 25.4. The average Bonchev–Trinajstić information content (AvgIpc) is 1.98. The molecule has 0 unspecified atom stereocenters. The van der Waals surface area contributed by atoms with E-state index in [1.807, 2.05) is 0 Å². The quantitative estimate of drug-likeness (QED) is 0.419. The number of carbonyl (C=O) groups excluding carboxylic acids is 1. The molecule has 78 valence electrons. The van der Waals surface area contributed by atoms with Crippen LogP contribution in [0.25, 0.3) is 0 Å². The number of amides is 1. The zero-order valence-electron chi connectivity index (χ0n) is 7.86. The van der Waals surface area contributed by atoms with Crippen LogP contribution in [0, 0.1) is 0 Å². The first-order valence-corrected chi connectivity index (χ1v) is 4.70. The third kappa shape index (κ3) is 5.05. The Kier molecular flexibility index (Phi) is 4.12. The molecular formula is C7H14F2N2OS. The van der Waals surface area contributed by atoms with E-state index in [4.69, 9.17) is 0 Å². The minimum absolute atomic E-state index is 0.293. The van der Waals surface area contributed by atoms with Gasteiger partial charge in [-0.2, -0.15) is 8.78 Å². The van der Waals surface area contributed by atoms with Crippen molar-refractivity contribution in [1.29, 1.82) is 0 Å². The number of halogens is 2.